The Labute approximate surface area is 186 Å². The molecule has 0 unspecified atom stereocenters. The summed E-state index contributed by atoms with van der Waals surface area (Å²) in [6.45, 7) is -1.31. The van der Waals surface area contributed by atoms with Gasteiger partial charge in [-0.25, -0.2) is 0 Å². The van der Waals surface area contributed by atoms with Crippen LogP contribution in [0.5, 0.6) is 11.5 Å². The summed E-state index contributed by atoms with van der Waals surface area (Å²) in [5, 5.41) is 2.75. The number of fused-ring (bicyclic) bond motifs is 1. The molecule has 3 rings (SSSR count). The summed E-state index contributed by atoms with van der Waals surface area (Å²) in [6, 6.07) is 7.31. The Morgan fingerprint density at radius 2 is 1.58 bits per heavy atom. The van der Waals surface area contributed by atoms with E-state index in [0.717, 1.165) is 0 Å². The summed E-state index contributed by atoms with van der Waals surface area (Å²) in [6.07, 6.45) is 0. The van der Waals surface area contributed by atoms with Gasteiger partial charge in [-0.15, -0.1) is 0 Å². The first kappa shape index (κ1) is 22.4. The fourth-order valence-corrected chi connectivity index (χ4v) is 3.17. The maximum Gasteiger partial charge on any atom is 0.326 e. The highest BCUT2D eigenvalue weighted by Crippen LogP contribution is 2.31. The number of halogens is 2. The highest BCUT2D eigenvalue weighted by molar-refractivity contribution is 6.43. The Bertz CT molecular complexity index is 1050. The van der Waals surface area contributed by atoms with Crippen LogP contribution in [-0.2, 0) is 14.3 Å². The van der Waals surface area contributed by atoms with Crippen LogP contribution in [0.1, 0.15) is 20.7 Å². The number of rotatable bonds is 7. The minimum atomic E-state index is -0.945. The first-order valence-electron chi connectivity index (χ1n) is 8.78. The molecule has 0 fully saturated rings. The van der Waals surface area contributed by atoms with E-state index < -0.39 is 36.8 Å². The Morgan fingerprint density at radius 1 is 0.968 bits per heavy atom. The molecule has 11 heteroatoms. The van der Waals surface area contributed by atoms with Crippen LogP contribution >= 0.6 is 23.2 Å². The van der Waals surface area contributed by atoms with Crippen molar-refractivity contribution in [1.82, 2.24) is 4.90 Å². The lowest BCUT2D eigenvalue weighted by atomic mass is 10.1. The number of nitrogens with one attached hydrogen (secondary N) is 1. The number of nitrogens with zero attached hydrogens (tertiary/aromatic N) is 1. The average Bonchev–Trinajstić information content (AvgIpc) is 2.96. The lowest BCUT2D eigenvalue weighted by Crippen LogP contribution is -2.36. The van der Waals surface area contributed by atoms with Crippen molar-refractivity contribution in [2.24, 2.45) is 0 Å². The topological polar surface area (TPSA) is 111 Å². The summed E-state index contributed by atoms with van der Waals surface area (Å²) in [7, 11) is 2.90. The van der Waals surface area contributed by atoms with Crippen LogP contribution in [0, 0.1) is 0 Å². The molecule has 1 aliphatic heterocycles. The highest BCUT2D eigenvalue weighted by atomic mass is 35.5. The number of anilines is 1. The second-order valence-corrected chi connectivity index (χ2v) is 7.10. The third kappa shape index (κ3) is 4.73. The largest absolute Gasteiger partial charge is 0.497 e. The molecule has 3 amide bonds. The van der Waals surface area contributed by atoms with Crippen molar-refractivity contribution in [3.8, 4) is 11.5 Å². The van der Waals surface area contributed by atoms with Crippen molar-refractivity contribution >= 4 is 52.6 Å². The second-order valence-electron chi connectivity index (χ2n) is 6.28. The van der Waals surface area contributed by atoms with Gasteiger partial charge in [-0.2, -0.15) is 0 Å². The minimum Gasteiger partial charge on any atom is -0.497 e. The van der Waals surface area contributed by atoms with Crippen LogP contribution < -0.4 is 14.8 Å². The maximum absolute atomic E-state index is 12.4. The fourth-order valence-electron chi connectivity index (χ4n) is 2.85. The molecule has 2 aromatic carbocycles. The van der Waals surface area contributed by atoms with Gasteiger partial charge in [0, 0.05) is 6.07 Å². The molecular weight excluding hydrogens is 451 g/mol. The molecule has 31 heavy (non-hydrogen) atoms. The lowest BCUT2D eigenvalue weighted by Gasteiger charge is -2.14. The molecule has 1 aliphatic rings. The molecule has 162 valence electrons. The van der Waals surface area contributed by atoms with Gasteiger partial charge in [0.25, 0.3) is 17.7 Å². The van der Waals surface area contributed by atoms with E-state index in [-0.39, 0.29) is 21.2 Å². The smallest absolute Gasteiger partial charge is 0.326 e. The number of hydrogen-bond donors (Lipinski definition) is 1. The summed E-state index contributed by atoms with van der Waals surface area (Å²) in [4.78, 5) is 49.8. The summed E-state index contributed by atoms with van der Waals surface area (Å²) < 4.78 is 15.1. The summed E-state index contributed by atoms with van der Waals surface area (Å²) >= 11 is 11.8. The summed E-state index contributed by atoms with van der Waals surface area (Å²) in [5.74, 6) is -2.15. The minimum absolute atomic E-state index is 0.0371. The molecule has 0 aliphatic carbocycles. The zero-order valence-electron chi connectivity index (χ0n) is 16.4. The number of ether oxygens (including phenoxy) is 3. The van der Waals surface area contributed by atoms with E-state index in [0.29, 0.717) is 22.1 Å². The van der Waals surface area contributed by atoms with Crippen molar-refractivity contribution in [1.29, 1.82) is 0 Å². The number of amides is 3. The fraction of sp³-hybridized carbons (Fsp3) is 0.200. The number of benzene rings is 2. The molecule has 0 radical (unpaired) electrons. The van der Waals surface area contributed by atoms with Crippen LogP contribution in [0.4, 0.5) is 5.69 Å². The molecule has 0 bridgehead atoms. The quantitative estimate of drug-likeness (QED) is 0.493. The predicted molar refractivity (Wildman–Crippen MR) is 111 cm³/mol. The number of imide groups is 1. The predicted octanol–water partition coefficient (Wildman–Crippen LogP) is 2.79. The van der Waals surface area contributed by atoms with Crippen molar-refractivity contribution in [3.63, 3.8) is 0 Å². The molecule has 0 spiro atoms. The number of esters is 1. The molecule has 9 nitrogen and oxygen atoms in total. The Kier molecular flexibility index (Phi) is 6.67. The molecular formula is C20H16Cl2N2O7. The molecule has 2 aromatic rings. The monoisotopic (exact) mass is 466 g/mol. The van der Waals surface area contributed by atoms with Gasteiger partial charge in [-0.1, -0.05) is 23.2 Å². The first-order chi connectivity index (χ1) is 14.7. The van der Waals surface area contributed by atoms with Crippen molar-refractivity contribution in [2.75, 3.05) is 32.7 Å². The van der Waals surface area contributed by atoms with Gasteiger partial charge in [0.1, 0.15) is 18.0 Å². The second kappa shape index (κ2) is 9.23. The Hall–Kier alpha value is -3.30. The van der Waals surface area contributed by atoms with Crippen LogP contribution in [-0.4, -0.2) is 56.0 Å². The SMILES string of the molecule is COc1ccc(OC)c(NC(=O)COC(=O)CN2C(=O)c3cc(Cl)c(Cl)cc3C2=O)c1. The Balaban J connectivity index is 1.59. The summed E-state index contributed by atoms with van der Waals surface area (Å²) in [5.41, 5.74) is 0.391. The average molecular weight is 467 g/mol. The molecule has 1 heterocycles. The first-order valence-corrected chi connectivity index (χ1v) is 9.53. The van der Waals surface area contributed by atoms with E-state index >= 15 is 0 Å². The van der Waals surface area contributed by atoms with E-state index in [1.165, 1.54) is 32.4 Å². The van der Waals surface area contributed by atoms with Gasteiger partial charge >= 0.3 is 5.97 Å². The van der Waals surface area contributed by atoms with Gasteiger partial charge in [0.05, 0.1) is 41.1 Å². The third-order valence-corrected chi connectivity index (χ3v) is 5.07. The molecule has 0 aromatic heterocycles. The van der Waals surface area contributed by atoms with E-state index in [1.54, 1.807) is 12.1 Å². The van der Waals surface area contributed by atoms with Crippen LogP contribution in [0.3, 0.4) is 0 Å². The van der Waals surface area contributed by atoms with Crippen molar-refractivity contribution in [3.05, 3.63) is 51.5 Å². The lowest BCUT2D eigenvalue weighted by molar-refractivity contribution is -0.147. The molecule has 1 N–H and O–H groups in total. The number of carbonyl (C=O) groups is 4. The molecule has 0 saturated heterocycles. The van der Waals surface area contributed by atoms with E-state index in [1.807, 2.05) is 0 Å². The third-order valence-electron chi connectivity index (χ3n) is 4.34. The van der Waals surface area contributed by atoms with E-state index in [2.05, 4.69) is 5.32 Å². The zero-order chi connectivity index (χ0) is 22.7. The standard InChI is InChI=1S/C20H16Cl2N2O7/c1-29-10-3-4-16(30-2)15(5-10)23-17(25)9-31-18(26)8-24-19(27)11-6-13(21)14(22)7-12(11)20(24)28/h3-7H,8-9H2,1-2H3,(H,23,25). The van der Waals surface area contributed by atoms with Gasteiger partial charge in [-0.05, 0) is 24.3 Å². The maximum atomic E-state index is 12.4. The zero-order valence-corrected chi connectivity index (χ0v) is 17.9. The molecule has 0 atom stereocenters. The van der Waals surface area contributed by atoms with Gasteiger partial charge < -0.3 is 19.5 Å². The van der Waals surface area contributed by atoms with E-state index in [4.69, 9.17) is 37.4 Å². The highest BCUT2D eigenvalue weighted by Gasteiger charge is 2.37. The number of carbonyl (C=O) groups excluding carboxylic acids is 4. The van der Waals surface area contributed by atoms with Crippen molar-refractivity contribution < 1.29 is 33.4 Å². The van der Waals surface area contributed by atoms with Crippen molar-refractivity contribution in [2.45, 2.75) is 0 Å². The number of methoxy groups -OCH3 is 2. The van der Waals surface area contributed by atoms with Crippen LogP contribution in [0.25, 0.3) is 0 Å². The number of hydrogen-bond acceptors (Lipinski definition) is 7. The van der Waals surface area contributed by atoms with E-state index in [9.17, 15) is 19.2 Å². The van der Waals surface area contributed by atoms with Crippen LogP contribution in [0.2, 0.25) is 10.0 Å². The van der Waals surface area contributed by atoms with Gasteiger partial charge in [0.2, 0.25) is 0 Å². The normalized spacial score (nSPS) is 12.5. The Morgan fingerprint density at radius 3 is 2.13 bits per heavy atom. The van der Waals surface area contributed by atoms with Gasteiger partial charge in [-0.3, -0.25) is 24.1 Å². The van der Waals surface area contributed by atoms with Crippen LogP contribution in [0.15, 0.2) is 30.3 Å². The van der Waals surface area contributed by atoms with Gasteiger partial charge in [0.15, 0.2) is 6.61 Å². The molecule has 0 saturated carbocycles.